The summed E-state index contributed by atoms with van der Waals surface area (Å²) in [4.78, 5) is 23.5. The van der Waals surface area contributed by atoms with Gasteiger partial charge in [-0.3, -0.25) is 4.79 Å². The number of ether oxygens (including phenoxy) is 1. The number of carbonyl (C=O) groups excluding carboxylic acids is 2. The molecule has 0 bridgehead atoms. The molecule has 4 nitrogen and oxygen atoms in total. The second kappa shape index (κ2) is 12.2. The van der Waals surface area contributed by atoms with Crippen molar-refractivity contribution in [2.45, 2.75) is 76.4 Å². The van der Waals surface area contributed by atoms with E-state index in [0.717, 1.165) is 31.2 Å². The molecule has 1 N–H and O–H groups in total. The highest BCUT2D eigenvalue weighted by atomic mass is 16.5. The van der Waals surface area contributed by atoms with E-state index in [1.54, 1.807) is 12.1 Å². The topological polar surface area (TPSA) is 55.4 Å². The van der Waals surface area contributed by atoms with Gasteiger partial charge in [0, 0.05) is 11.6 Å². The first-order valence-corrected chi connectivity index (χ1v) is 11.3. The smallest absolute Gasteiger partial charge is 0.338 e. The number of amides is 1. The van der Waals surface area contributed by atoms with Crippen LogP contribution >= 0.6 is 0 Å². The maximum Gasteiger partial charge on any atom is 0.338 e. The van der Waals surface area contributed by atoms with Gasteiger partial charge in [0.25, 0.3) is 5.91 Å². The van der Waals surface area contributed by atoms with Crippen molar-refractivity contribution in [3.05, 3.63) is 71.8 Å². The van der Waals surface area contributed by atoms with Crippen LogP contribution in [0.1, 0.15) is 84.9 Å². The molecule has 0 saturated heterocycles. The summed E-state index contributed by atoms with van der Waals surface area (Å²) in [5.41, 5.74) is 1.42. The Bertz CT molecular complexity index is 696. The molecule has 0 aliphatic heterocycles. The number of hydrogen-bond acceptors (Lipinski definition) is 3. The molecule has 2 aromatic rings. The largest absolute Gasteiger partial charge is 0.459 e. The molecule has 0 unspecified atom stereocenters. The highest BCUT2D eigenvalue weighted by Crippen LogP contribution is 2.21. The van der Waals surface area contributed by atoms with E-state index in [1.165, 1.54) is 38.5 Å². The lowest BCUT2D eigenvalue weighted by Crippen LogP contribution is -2.36. The van der Waals surface area contributed by atoms with Crippen LogP contribution in [0.5, 0.6) is 0 Å². The van der Waals surface area contributed by atoms with Crippen LogP contribution in [0.4, 0.5) is 0 Å². The summed E-state index contributed by atoms with van der Waals surface area (Å²) in [7, 11) is 0. The Morgan fingerprint density at radius 1 is 0.667 bits per heavy atom. The lowest BCUT2D eigenvalue weighted by atomic mass is 9.95. The molecule has 2 aliphatic rings. The van der Waals surface area contributed by atoms with E-state index in [2.05, 4.69) is 5.32 Å². The summed E-state index contributed by atoms with van der Waals surface area (Å²) in [6.45, 7) is 0. The van der Waals surface area contributed by atoms with Crippen LogP contribution in [0.15, 0.2) is 60.7 Å². The molecule has 160 valence electrons. The summed E-state index contributed by atoms with van der Waals surface area (Å²) >= 11 is 0. The molecular weight excluding hydrogens is 374 g/mol. The Morgan fingerprint density at radius 2 is 1.17 bits per heavy atom. The van der Waals surface area contributed by atoms with E-state index < -0.39 is 0 Å². The van der Waals surface area contributed by atoms with Gasteiger partial charge < -0.3 is 10.1 Å². The fourth-order valence-corrected chi connectivity index (χ4v) is 4.08. The Labute approximate surface area is 180 Å². The monoisotopic (exact) mass is 407 g/mol. The summed E-state index contributed by atoms with van der Waals surface area (Å²) in [5, 5.41) is 3.10. The third kappa shape index (κ3) is 7.33. The van der Waals surface area contributed by atoms with Crippen LogP contribution in [0.25, 0.3) is 0 Å². The van der Waals surface area contributed by atoms with Gasteiger partial charge in [-0.15, -0.1) is 0 Å². The third-order valence-corrected chi connectivity index (χ3v) is 5.81. The molecule has 4 heteroatoms. The first-order chi connectivity index (χ1) is 14.7. The quantitative estimate of drug-likeness (QED) is 0.640. The van der Waals surface area contributed by atoms with E-state index in [4.69, 9.17) is 4.74 Å². The molecule has 30 heavy (non-hydrogen) atoms. The summed E-state index contributed by atoms with van der Waals surface area (Å²) in [5.74, 6) is -0.106. The molecule has 4 rings (SSSR count). The Hall–Kier alpha value is -2.62. The highest BCUT2D eigenvalue weighted by Gasteiger charge is 2.18. The zero-order valence-corrected chi connectivity index (χ0v) is 17.7. The van der Waals surface area contributed by atoms with Gasteiger partial charge in [-0.2, -0.15) is 0 Å². The Kier molecular flexibility index (Phi) is 8.95. The van der Waals surface area contributed by atoms with E-state index in [1.807, 2.05) is 48.5 Å². The van der Waals surface area contributed by atoms with Crippen molar-refractivity contribution in [1.29, 1.82) is 0 Å². The summed E-state index contributed by atoms with van der Waals surface area (Å²) in [6, 6.07) is 19.0. The van der Waals surface area contributed by atoms with Gasteiger partial charge in [-0.05, 0) is 62.8 Å². The second-order valence-electron chi connectivity index (χ2n) is 8.21. The van der Waals surface area contributed by atoms with Crippen LogP contribution in [0, 0.1) is 0 Å². The average molecular weight is 408 g/mol. The number of rotatable bonds is 4. The van der Waals surface area contributed by atoms with E-state index in [-0.39, 0.29) is 18.0 Å². The minimum atomic E-state index is -0.178. The Morgan fingerprint density at radius 3 is 1.73 bits per heavy atom. The standard InChI is InChI=1S/C13H17NO.C13H16O2/c15-13(11-7-3-1-4-8-11)14-12-9-5-2-6-10-12;14-13(11-7-3-1-4-8-11)15-12-9-5-2-6-10-12/h1,3-4,7-8,12H,2,5-6,9-10H2,(H,14,15);1,3-4,7-8,12H,2,5-6,9-10H2. The molecule has 2 aromatic carbocycles. The fraction of sp³-hybridized carbons (Fsp3) is 0.462. The molecule has 0 heterocycles. The van der Waals surface area contributed by atoms with Gasteiger partial charge in [0.1, 0.15) is 6.10 Å². The van der Waals surface area contributed by atoms with Crippen molar-refractivity contribution in [3.63, 3.8) is 0 Å². The van der Waals surface area contributed by atoms with Gasteiger partial charge in [-0.1, -0.05) is 62.1 Å². The van der Waals surface area contributed by atoms with Crippen LogP contribution < -0.4 is 5.32 Å². The van der Waals surface area contributed by atoms with Crippen molar-refractivity contribution in [3.8, 4) is 0 Å². The van der Waals surface area contributed by atoms with Gasteiger partial charge >= 0.3 is 5.97 Å². The van der Waals surface area contributed by atoms with Crippen LogP contribution in [-0.2, 0) is 4.74 Å². The minimum absolute atomic E-state index is 0.0718. The van der Waals surface area contributed by atoms with Gasteiger partial charge in [0.2, 0.25) is 0 Å². The maximum atomic E-state index is 11.8. The van der Waals surface area contributed by atoms with Crippen molar-refractivity contribution < 1.29 is 14.3 Å². The molecule has 0 atom stereocenters. The van der Waals surface area contributed by atoms with Crippen LogP contribution in [0.2, 0.25) is 0 Å². The van der Waals surface area contributed by atoms with Gasteiger partial charge in [-0.25, -0.2) is 4.79 Å². The molecule has 0 radical (unpaired) electrons. The number of carbonyl (C=O) groups is 2. The predicted molar refractivity (Wildman–Crippen MR) is 120 cm³/mol. The predicted octanol–water partition coefficient (Wildman–Crippen LogP) is 5.93. The average Bonchev–Trinajstić information content (AvgIpc) is 2.82. The van der Waals surface area contributed by atoms with Crippen LogP contribution in [-0.4, -0.2) is 24.0 Å². The van der Waals surface area contributed by atoms with Gasteiger partial charge in [0.15, 0.2) is 0 Å². The first-order valence-electron chi connectivity index (χ1n) is 11.3. The number of esters is 1. The highest BCUT2D eigenvalue weighted by molar-refractivity contribution is 5.94. The molecular formula is C26H33NO3. The van der Waals surface area contributed by atoms with Crippen molar-refractivity contribution >= 4 is 11.9 Å². The van der Waals surface area contributed by atoms with Gasteiger partial charge in [0.05, 0.1) is 5.56 Å². The fourth-order valence-electron chi connectivity index (χ4n) is 4.08. The van der Waals surface area contributed by atoms with Crippen molar-refractivity contribution in [1.82, 2.24) is 5.32 Å². The second-order valence-corrected chi connectivity index (χ2v) is 8.21. The van der Waals surface area contributed by atoms with Crippen molar-refractivity contribution in [2.24, 2.45) is 0 Å². The zero-order valence-electron chi connectivity index (χ0n) is 17.7. The third-order valence-electron chi connectivity index (χ3n) is 5.81. The number of benzene rings is 2. The maximum absolute atomic E-state index is 11.8. The minimum Gasteiger partial charge on any atom is -0.459 e. The van der Waals surface area contributed by atoms with E-state index in [0.29, 0.717) is 11.6 Å². The normalized spacial score (nSPS) is 17.3. The number of nitrogens with one attached hydrogen (secondary N) is 1. The summed E-state index contributed by atoms with van der Waals surface area (Å²) < 4.78 is 5.44. The number of hydrogen-bond donors (Lipinski definition) is 1. The molecule has 0 aromatic heterocycles. The van der Waals surface area contributed by atoms with Crippen LogP contribution in [0.3, 0.4) is 0 Å². The molecule has 2 saturated carbocycles. The van der Waals surface area contributed by atoms with Crippen molar-refractivity contribution in [2.75, 3.05) is 0 Å². The Balaban J connectivity index is 0.000000171. The van der Waals surface area contributed by atoms with E-state index >= 15 is 0 Å². The first kappa shape index (κ1) is 22.1. The molecule has 2 aliphatic carbocycles. The summed E-state index contributed by atoms with van der Waals surface area (Å²) in [6.07, 6.45) is 11.9. The lowest BCUT2D eigenvalue weighted by molar-refractivity contribution is 0.0211. The molecule has 2 fully saturated rings. The lowest BCUT2D eigenvalue weighted by Gasteiger charge is -2.22. The molecule has 0 spiro atoms. The van der Waals surface area contributed by atoms with E-state index in [9.17, 15) is 9.59 Å². The SMILES string of the molecule is O=C(NC1CCCCC1)c1ccccc1.O=C(OC1CCCCC1)c1ccccc1. The molecule has 1 amide bonds. The zero-order chi connectivity index (χ0) is 21.0.